The smallest absolute Gasteiger partial charge is 0 e. The second kappa shape index (κ2) is 17.7. The fraction of sp³-hybridized carbons (Fsp3) is 0. The van der Waals surface area contributed by atoms with Crippen LogP contribution >= 0.6 is 0 Å². The zero-order valence-electron chi connectivity index (χ0n) is 1.25. The van der Waals surface area contributed by atoms with Gasteiger partial charge in [0.1, 0.15) is 0 Å². The van der Waals surface area contributed by atoms with Crippen LogP contribution in [0.3, 0.4) is 0 Å². The predicted molar refractivity (Wildman–Crippen MR) is 0 cm³/mol. The zero-order chi connectivity index (χ0) is 0. The Kier molecular flexibility index (Phi) is 137. The molecule has 0 aromatic rings. The third-order valence-electron chi connectivity index (χ3n) is 0. The molecule has 0 N–H and O–H groups in total. The minimum Gasteiger partial charge on any atom is 0 e. The molecule has 0 aromatic heterocycles. The van der Waals surface area contributed by atoms with Crippen LogP contribution in [0, 0.1) is 0 Å². The first-order valence-corrected chi connectivity index (χ1v) is 0. The molecule has 0 saturated carbocycles. The maximum absolute atomic E-state index is 0. The van der Waals surface area contributed by atoms with Gasteiger partial charge in [-0.3, -0.25) is 0 Å². The third kappa shape index (κ3) is 8.82. The summed E-state index contributed by atoms with van der Waals surface area (Å²) in [6, 6.07) is 0. The van der Waals surface area contributed by atoms with E-state index < -0.39 is 0 Å². The van der Waals surface area contributed by atoms with E-state index in [1.54, 1.807) is 0 Å². The number of rotatable bonds is 0. The molecule has 0 heterocycles. The summed E-state index contributed by atoms with van der Waals surface area (Å²) in [6.45, 7) is 0. The molecule has 0 amide bonds. The van der Waals surface area contributed by atoms with Crippen molar-refractivity contribution >= 4 is 0 Å². The van der Waals surface area contributed by atoms with Crippen LogP contribution in [0.15, 0.2) is 0 Å². The molecular weight excluding hydrogens is 381 g/mol. The van der Waals surface area contributed by atoms with Crippen LogP contribution in [0.2, 0.25) is 0 Å². The Morgan fingerprint density at radius 1 is 1.00 bits per heavy atom. The molecule has 0 aliphatic carbocycles. The Balaban J connectivity index is 0. The van der Waals surface area contributed by atoms with E-state index >= 15 is 0 Å². The molecule has 0 fully saturated rings. The first kappa shape index (κ1) is 31.1. The molecule has 0 spiro atoms. The third-order valence-corrected chi connectivity index (χ3v) is 0. The standard InChI is InChI=1S/Ag.Cu.Pd.Rh. The summed E-state index contributed by atoms with van der Waals surface area (Å²) in [7, 11) is 0. The first-order chi connectivity index (χ1) is 0. The second-order valence-corrected chi connectivity index (χ2v) is 0. The van der Waals surface area contributed by atoms with Crippen LogP contribution < -0.4 is 0 Å². The van der Waals surface area contributed by atoms with Gasteiger partial charge in [0.15, 0.2) is 0 Å². The van der Waals surface area contributed by atoms with Crippen molar-refractivity contribution in [3.8, 4) is 0 Å². The Morgan fingerprint density at radius 3 is 1.00 bits per heavy atom. The van der Waals surface area contributed by atoms with Gasteiger partial charge in [0.2, 0.25) is 0 Å². The summed E-state index contributed by atoms with van der Waals surface area (Å²) in [5.41, 5.74) is 0. The van der Waals surface area contributed by atoms with Crippen molar-refractivity contribution in [2.24, 2.45) is 0 Å². The summed E-state index contributed by atoms with van der Waals surface area (Å²) in [6.07, 6.45) is 0. The van der Waals surface area contributed by atoms with Crippen LogP contribution in [0.25, 0.3) is 0 Å². The molecule has 0 atom stereocenters. The van der Waals surface area contributed by atoms with Crippen LogP contribution in [0.4, 0.5) is 0 Å². The molecule has 0 aliphatic heterocycles. The van der Waals surface area contributed by atoms with Crippen molar-refractivity contribution < 1.29 is 79.3 Å². The second-order valence-electron chi connectivity index (χ2n) is 0. The fourth-order valence-corrected chi connectivity index (χ4v) is 0. The minimum atomic E-state index is 0. The van der Waals surface area contributed by atoms with Crippen molar-refractivity contribution in [2.45, 2.75) is 0 Å². The minimum absolute atomic E-state index is 0. The molecule has 0 nitrogen and oxygen atoms in total. The number of hydrogen-bond acceptors (Lipinski definition) is 0. The van der Waals surface area contributed by atoms with Gasteiger partial charge in [0.25, 0.3) is 0 Å². The molecule has 0 aromatic carbocycles. The van der Waals surface area contributed by atoms with Crippen LogP contribution in [-0.2, 0) is 79.3 Å². The van der Waals surface area contributed by atoms with Crippen molar-refractivity contribution in [3.05, 3.63) is 0 Å². The van der Waals surface area contributed by atoms with Gasteiger partial charge in [-0.2, -0.15) is 0 Å². The normalized spacial score (nSPS) is 0. The fourth-order valence-electron chi connectivity index (χ4n) is 0. The first-order valence-electron chi connectivity index (χ1n) is 0. The topological polar surface area (TPSA) is 0 Å². The quantitative estimate of drug-likeness (QED) is 0.519. The van der Waals surface area contributed by atoms with Crippen molar-refractivity contribution in [3.63, 3.8) is 0 Å². The van der Waals surface area contributed by atoms with Crippen molar-refractivity contribution in [1.82, 2.24) is 0 Å². The van der Waals surface area contributed by atoms with E-state index in [0.29, 0.717) is 0 Å². The molecule has 0 saturated heterocycles. The van der Waals surface area contributed by atoms with Crippen LogP contribution in [0.5, 0.6) is 0 Å². The van der Waals surface area contributed by atoms with E-state index in [1.165, 1.54) is 0 Å². The van der Waals surface area contributed by atoms with E-state index in [2.05, 4.69) is 0 Å². The molecule has 0 aliphatic rings. The maximum atomic E-state index is 0. The van der Waals surface area contributed by atoms with E-state index in [4.69, 9.17) is 0 Å². The van der Waals surface area contributed by atoms with Crippen LogP contribution in [-0.4, -0.2) is 0 Å². The predicted octanol–water partition coefficient (Wildman–Crippen LogP) is -0.0100. The van der Waals surface area contributed by atoms with Crippen molar-refractivity contribution in [2.75, 3.05) is 0 Å². The largest absolute Gasteiger partial charge is 0 e. The molecule has 0 unspecified atom stereocenters. The van der Waals surface area contributed by atoms with Gasteiger partial charge in [-0.1, -0.05) is 0 Å². The van der Waals surface area contributed by atoms with Gasteiger partial charge in [-0.05, 0) is 0 Å². The van der Waals surface area contributed by atoms with Crippen LogP contribution in [0.1, 0.15) is 0 Å². The molecule has 0 rings (SSSR count). The Morgan fingerprint density at radius 2 is 1.00 bits per heavy atom. The van der Waals surface area contributed by atoms with Gasteiger partial charge in [0.05, 0.1) is 0 Å². The van der Waals surface area contributed by atoms with E-state index in [9.17, 15) is 0 Å². The van der Waals surface area contributed by atoms with Gasteiger partial charge in [-0.15, -0.1) is 0 Å². The average molecular weight is 381 g/mol. The molecule has 3 radical (unpaired) electrons. The SMILES string of the molecule is [Ag].[Cu].[Pd].[Rh]. The number of hydrogen-bond donors (Lipinski definition) is 0. The van der Waals surface area contributed by atoms with E-state index in [0.717, 1.165) is 0 Å². The summed E-state index contributed by atoms with van der Waals surface area (Å²) in [5, 5.41) is 0. The Bertz CT molecular complexity index is 8.00. The molecule has 4 heavy (non-hydrogen) atoms. The van der Waals surface area contributed by atoms with Crippen molar-refractivity contribution in [1.29, 1.82) is 0 Å². The summed E-state index contributed by atoms with van der Waals surface area (Å²) < 4.78 is 0. The van der Waals surface area contributed by atoms with E-state index in [-0.39, 0.29) is 79.3 Å². The van der Waals surface area contributed by atoms with Gasteiger partial charge in [-0.25, -0.2) is 0 Å². The summed E-state index contributed by atoms with van der Waals surface area (Å²) >= 11 is 0. The monoisotopic (exact) mass is 379 g/mol. The maximum Gasteiger partial charge on any atom is 0 e. The molecule has 0 bridgehead atoms. The molecular formula is AgCuPdRh. The average Bonchev–Trinajstić information content (AvgIpc) is 0. The Hall–Kier alpha value is 2.55. The van der Waals surface area contributed by atoms with E-state index in [1.807, 2.05) is 0 Å². The molecule has 4 heteroatoms. The summed E-state index contributed by atoms with van der Waals surface area (Å²) in [5.74, 6) is 0. The summed E-state index contributed by atoms with van der Waals surface area (Å²) in [4.78, 5) is 0. The van der Waals surface area contributed by atoms with Gasteiger partial charge >= 0.3 is 0 Å². The van der Waals surface area contributed by atoms with Gasteiger partial charge in [0, 0.05) is 79.3 Å². The van der Waals surface area contributed by atoms with Gasteiger partial charge < -0.3 is 0 Å². The Labute approximate surface area is 78.3 Å². The molecule has 41 valence electrons. The zero-order valence-corrected chi connectivity index (χ0v) is 6.87.